The summed E-state index contributed by atoms with van der Waals surface area (Å²) in [6.07, 6.45) is 1.37. The number of rotatable bonds is 5. The van der Waals surface area contributed by atoms with Gasteiger partial charge in [-0.2, -0.15) is 0 Å². The van der Waals surface area contributed by atoms with Gasteiger partial charge < -0.3 is 10.6 Å². The van der Waals surface area contributed by atoms with Crippen LogP contribution in [0.5, 0.6) is 0 Å². The van der Waals surface area contributed by atoms with Crippen molar-refractivity contribution in [2.75, 3.05) is 5.32 Å². The molecule has 0 aliphatic carbocycles. The third kappa shape index (κ3) is 4.43. The van der Waals surface area contributed by atoms with Gasteiger partial charge in [0.1, 0.15) is 5.82 Å². The fourth-order valence-corrected chi connectivity index (χ4v) is 3.51. The Labute approximate surface area is 155 Å². The number of benzene rings is 1. The molecule has 7 heteroatoms. The summed E-state index contributed by atoms with van der Waals surface area (Å²) in [5.41, 5.74) is 5.22. The van der Waals surface area contributed by atoms with Crippen molar-refractivity contribution in [3.05, 3.63) is 75.8 Å². The van der Waals surface area contributed by atoms with Gasteiger partial charge in [-0.3, -0.25) is 4.98 Å². The molecule has 0 aliphatic heterocycles. The van der Waals surface area contributed by atoms with E-state index in [2.05, 4.69) is 27.5 Å². The summed E-state index contributed by atoms with van der Waals surface area (Å²) in [5, 5.41) is 5.41. The molecular weight excluding hydrogens is 351 g/mol. The number of hydrogen-bond acceptors (Lipinski definition) is 4. The normalized spacial score (nSPS) is 11.8. The standard InChI is InChI=1S/C19H19FN4OS/c1-12(18-13(2)23-11-26-18)14-3-5-16(6-4-14)24-19(25)22-10-17-9-15(20)7-8-21-17/h3-9,11-12H,10H2,1-2H3,(H2,22,24,25)/t12-/m1/s1. The third-order valence-electron chi connectivity index (χ3n) is 4.05. The quantitative estimate of drug-likeness (QED) is 0.697. The van der Waals surface area contributed by atoms with E-state index in [-0.39, 0.29) is 24.3 Å². The summed E-state index contributed by atoms with van der Waals surface area (Å²) in [5.74, 6) is -0.123. The number of thiazole rings is 1. The van der Waals surface area contributed by atoms with E-state index in [1.165, 1.54) is 23.2 Å². The van der Waals surface area contributed by atoms with Crippen molar-refractivity contribution in [1.29, 1.82) is 0 Å². The molecule has 2 aromatic heterocycles. The van der Waals surface area contributed by atoms with E-state index in [0.717, 1.165) is 11.3 Å². The molecule has 1 atom stereocenters. The largest absolute Gasteiger partial charge is 0.332 e. The maximum Gasteiger partial charge on any atom is 0.319 e. The molecule has 3 rings (SSSR count). The van der Waals surface area contributed by atoms with Crippen LogP contribution in [0.15, 0.2) is 48.1 Å². The first-order valence-electron chi connectivity index (χ1n) is 8.18. The van der Waals surface area contributed by atoms with E-state index in [0.29, 0.717) is 11.4 Å². The number of carbonyl (C=O) groups is 1. The highest BCUT2D eigenvalue weighted by atomic mass is 32.1. The van der Waals surface area contributed by atoms with Gasteiger partial charge in [0.15, 0.2) is 0 Å². The average Bonchev–Trinajstić information content (AvgIpc) is 3.06. The first kappa shape index (κ1) is 18.0. The van der Waals surface area contributed by atoms with E-state index >= 15 is 0 Å². The minimum Gasteiger partial charge on any atom is -0.332 e. The van der Waals surface area contributed by atoms with Crippen molar-refractivity contribution in [3.8, 4) is 0 Å². The summed E-state index contributed by atoms with van der Waals surface area (Å²) in [4.78, 5) is 21.5. The molecular formula is C19H19FN4OS. The van der Waals surface area contributed by atoms with Gasteiger partial charge in [-0.05, 0) is 36.8 Å². The minimum absolute atomic E-state index is 0.156. The van der Waals surface area contributed by atoms with Crippen LogP contribution in [0.25, 0.3) is 0 Å². The lowest BCUT2D eigenvalue weighted by Gasteiger charge is -2.12. The van der Waals surface area contributed by atoms with E-state index < -0.39 is 0 Å². The van der Waals surface area contributed by atoms with Gasteiger partial charge >= 0.3 is 6.03 Å². The van der Waals surface area contributed by atoms with Crippen LogP contribution in [-0.2, 0) is 6.54 Å². The summed E-state index contributed by atoms with van der Waals surface area (Å²) in [6, 6.07) is 9.90. The van der Waals surface area contributed by atoms with Gasteiger partial charge in [0, 0.05) is 22.7 Å². The van der Waals surface area contributed by atoms with E-state index in [1.54, 1.807) is 11.3 Å². The number of hydrogen-bond donors (Lipinski definition) is 2. The van der Waals surface area contributed by atoms with Crippen molar-refractivity contribution in [3.63, 3.8) is 0 Å². The highest BCUT2D eigenvalue weighted by molar-refractivity contribution is 7.09. The van der Waals surface area contributed by atoms with Crippen LogP contribution in [0, 0.1) is 12.7 Å². The zero-order valence-corrected chi connectivity index (χ0v) is 15.3. The molecule has 0 bridgehead atoms. The van der Waals surface area contributed by atoms with Gasteiger partial charge in [-0.1, -0.05) is 19.1 Å². The SMILES string of the molecule is Cc1ncsc1[C@H](C)c1ccc(NC(=O)NCc2cc(F)ccn2)cc1. The topological polar surface area (TPSA) is 66.9 Å². The summed E-state index contributed by atoms with van der Waals surface area (Å²) >= 11 is 1.65. The number of urea groups is 1. The lowest BCUT2D eigenvalue weighted by molar-refractivity contribution is 0.251. The second kappa shape index (κ2) is 8.05. The third-order valence-corrected chi connectivity index (χ3v) is 5.17. The van der Waals surface area contributed by atoms with Crippen LogP contribution >= 0.6 is 11.3 Å². The maximum absolute atomic E-state index is 13.1. The zero-order chi connectivity index (χ0) is 18.5. The highest BCUT2D eigenvalue weighted by Crippen LogP contribution is 2.30. The van der Waals surface area contributed by atoms with Gasteiger partial charge in [-0.15, -0.1) is 11.3 Å². The van der Waals surface area contributed by atoms with Gasteiger partial charge in [-0.25, -0.2) is 14.2 Å². The Kier molecular flexibility index (Phi) is 5.58. The molecule has 0 spiro atoms. The molecule has 26 heavy (non-hydrogen) atoms. The van der Waals surface area contributed by atoms with Crippen LogP contribution in [0.4, 0.5) is 14.9 Å². The molecule has 0 unspecified atom stereocenters. The van der Waals surface area contributed by atoms with Crippen molar-refractivity contribution in [1.82, 2.24) is 15.3 Å². The first-order valence-corrected chi connectivity index (χ1v) is 9.06. The number of pyridine rings is 1. The predicted octanol–water partition coefficient (Wildman–Crippen LogP) is 4.46. The Bertz CT molecular complexity index is 895. The summed E-state index contributed by atoms with van der Waals surface area (Å²) < 4.78 is 13.1. The molecule has 2 N–H and O–H groups in total. The van der Waals surface area contributed by atoms with Crippen molar-refractivity contribution in [2.24, 2.45) is 0 Å². The number of halogens is 1. The number of nitrogens with one attached hydrogen (secondary N) is 2. The average molecular weight is 370 g/mol. The Hall–Kier alpha value is -2.80. The highest BCUT2D eigenvalue weighted by Gasteiger charge is 2.13. The molecule has 1 aromatic carbocycles. The van der Waals surface area contributed by atoms with Crippen molar-refractivity contribution < 1.29 is 9.18 Å². The lowest BCUT2D eigenvalue weighted by Crippen LogP contribution is -2.28. The van der Waals surface area contributed by atoms with Gasteiger partial charge in [0.2, 0.25) is 0 Å². The molecule has 0 aliphatic rings. The van der Waals surface area contributed by atoms with Crippen LogP contribution in [-0.4, -0.2) is 16.0 Å². The minimum atomic E-state index is -0.377. The zero-order valence-electron chi connectivity index (χ0n) is 14.5. The number of amides is 2. The van der Waals surface area contributed by atoms with Crippen LogP contribution in [0.3, 0.4) is 0 Å². The number of aromatic nitrogens is 2. The molecule has 134 valence electrons. The van der Waals surface area contributed by atoms with E-state index in [4.69, 9.17) is 0 Å². The van der Waals surface area contributed by atoms with Gasteiger partial charge in [0.25, 0.3) is 0 Å². The van der Waals surface area contributed by atoms with E-state index in [9.17, 15) is 9.18 Å². The Morgan fingerprint density at radius 3 is 2.65 bits per heavy atom. The lowest BCUT2D eigenvalue weighted by atomic mass is 9.98. The molecule has 0 fully saturated rings. The first-order chi connectivity index (χ1) is 12.5. The predicted molar refractivity (Wildman–Crippen MR) is 101 cm³/mol. The molecule has 2 heterocycles. The molecule has 5 nitrogen and oxygen atoms in total. The molecule has 2 amide bonds. The van der Waals surface area contributed by atoms with Crippen LogP contribution in [0.1, 0.15) is 34.7 Å². The fraction of sp³-hybridized carbons (Fsp3) is 0.211. The second-order valence-corrected chi connectivity index (χ2v) is 6.81. The smallest absolute Gasteiger partial charge is 0.319 e. The van der Waals surface area contributed by atoms with Crippen molar-refractivity contribution in [2.45, 2.75) is 26.3 Å². The molecule has 0 radical (unpaired) electrons. The number of nitrogens with zero attached hydrogens (tertiary/aromatic N) is 2. The second-order valence-electron chi connectivity index (χ2n) is 5.92. The monoisotopic (exact) mass is 370 g/mol. The Morgan fingerprint density at radius 2 is 2.00 bits per heavy atom. The van der Waals surface area contributed by atoms with E-state index in [1.807, 2.05) is 36.7 Å². The maximum atomic E-state index is 13.1. The van der Waals surface area contributed by atoms with Crippen molar-refractivity contribution >= 4 is 23.1 Å². The van der Waals surface area contributed by atoms with Gasteiger partial charge in [0.05, 0.1) is 23.4 Å². The Morgan fingerprint density at radius 1 is 1.23 bits per heavy atom. The number of carbonyl (C=O) groups excluding carboxylic acids is 1. The molecule has 0 saturated heterocycles. The van der Waals surface area contributed by atoms with Crippen LogP contribution < -0.4 is 10.6 Å². The molecule has 3 aromatic rings. The number of anilines is 1. The fourth-order valence-electron chi connectivity index (χ4n) is 2.62. The molecule has 0 saturated carbocycles. The van der Waals surface area contributed by atoms with Crippen LogP contribution in [0.2, 0.25) is 0 Å². The summed E-state index contributed by atoms with van der Waals surface area (Å²) in [6.45, 7) is 4.31. The number of aryl methyl sites for hydroxylation is 1. The Balaban J connectivity index is 1.57. The summed E-state index contributed by atoms with van der Waals surface area (Å²) in [7, 11) is 0.